The minimum atomic E-state index is -0.374. The van der Waals surface area contributed by atoms with Gasteiger partial charge in [-0.3, -0.25) is 4.99 Å². The molecule has 2 aromatic rings. The predicted octanol–water partition coefficient (Wildman–Crippen LogP) is 2.65. The first kappa shape index (κ1) is 12.0. The summed E-state index contributed by atoms with van der Waals surface area (Å²) in [5.41, 5.74) is 2.04. The van der Waals surface area contributed by atoms with Crippen LogP contribution in [0.5, 0.6) is 0 Å². The number of aliphatic hydroxyl groups excluding tert-OH is 1. The van der Waals surface area contributed by atoms with E-state index in [2.05, 4.69) is 9.89 Å². The van der Waals surface area contributed by atoms with Crippen LogP contribution < -0.4 is 0 Å². The quantitative estimate of drug-likeness (QED) is 0.923. The highest BCUT2D eigenvalue weighted by Crippen LogP contribution is 2.43. The molecule has 0 bridgehead atoms. The Bertz CT molecular complexity index is 766. The van der Waals surface area contributed by atoms with E-state index < -0.39 is 0 Å². The number of amidine groups is 1. The zero-order valence-electron chi connectivity index (χ0n) is 10.5. The molecule has 0 radical (unpaired) electrons. The molecule has 20 heavy (non-hydrogen) atoms. The van der Waals surface area contributed by atoms with Gasteiger partial charge in [-0.25, -0.2) is 4.39 Å². The van der Waals surface area contributed by atoms with E-state index >= 15 is 0 Å². The fraction of sp³-hybridized carbons (Fsp3) is 0.214. The summed E-state index contributed by atoms with van der Waals surface area (Å²) < 4.78 is 18.9. The van der Waals surface area contributed by atoms with Crippen LogP contribution in [0.25, 0.3) is 16.7 Å². The van der Waals surface area contributed by atoms with Gasteiger partial charge < -0.3 is 14.4 Å². The Kier molecular flexibility index (Phi) is 2.61. The molecule has 3 heterocycles. The van der Waals surface area contributed by atoms with Crippen molar-refractivity contribution in [2.75, 3.05) is 19.7 Å². The molecule has 2 aliphatic heterocycles. The molecule has 0 aliphatic carbocycles. The van der Waals surface area contributed by atoms with E-state index in [9.17, 15) is 9.50 Å². The maximum Gasteiger partial charge on any atom is 0.170 e. The second kappa shape index (κ2) is 4.36. The summed E-state index contributed by atoms with van der Waals surface area (Å²) in [5.74, 6) is -0.374. The third-order valence-corrected chi connectivity index (χ3v) is 4.62. The SMILES string of the molecule is OCC1=C(c2ccc(F)c3occc23)N2CCN=C2S1. The summed E-state index contributed by atoms with van der Waals surface area (Å²) in [7, 11) is 0. The molecule has 1 N–H and O–H groups in total. The Hall–Kier alpha value is -1.79. The van der Waals surface area contributed by atoms with Gasteiger partial charge in [-0.1, -0.05) is 11.8 Å². The van der Waals surface area contributed by atoms with Gasteiger partial charge in [0.25, 0.3) is 0 Å². The Morgan fingerprint density at radius 3 is 3.15 bits per heavy atom. The van der Waals surface area contributed by atoms with Gasteiger partial charge in [0.2, 0.25) is 0 Å². The van der Waals surface area contributed by atoms with Crippen molar-refractivity contribution < 1.29 is 13.9 Å². The second-order valence-corrected chi connectivity index (χ2v) is 5.67. The third-order valence-electron chi connectivity index (χ3n) is 3.52. The Morgan fingerprint density at radius 1 is 1.40 bits per heavy atom. The summed E-state index contributed by atoms with van der Waals surface area (Å²) in [6.45, 7) is 1.49. The van der Waals surface area contributed by atoms with Gasteiger partial charge in [0.05, 0.1) is 25.1 Å². The summed E-state index contributed by atoms with van der Waals surface area (Å²) in [6, 6.07) is 4.89. The van der Waals surface area contributed by atoms with Crippen molar-refractivity contribution in [1.29, 1.82) is 0 Å². The van der Waals surface area contributed by atoms with Crippen molar-refractivity contribution in [1.82, 2.24) is 4.90 Å². The first-order valence-electron chi connectivity index (χ1n) is 6.29. The van der Waals surface area contributed by atoms with Crippen LogP contribution in [0.1, 0.15) is 5.56 Å². The van der Waals surface area contributed by atoms with E-state index in [-0.39, 0.29) is 18.0 Å². The third kappa shape index (κ3) is 1.55. The molecule has 0 saturated heterocycles. The maximum atomic E-state index is 13.7. The Morgan fingerprint density at radius 2 is 2.30 bits per heavy atom. The number of hydrogen-bond donors (Lipinski definition) is 1. The minimum Gasteiger partial charge on any atom is -0.461 e. The highest BCUT2D eigenvalue weighted by molar-refractivity contribution is 8.17. The molecule has 0 saturated carbocycles. The van der Waals surface area contributed by atoms with Crippen LogP contribution >= 0.6 is 11.8 Å². The summed E-state index contributed by atoms with van der Waals surface area (Å²) in [6.07, 6.45) is 1.48. The number of aliphatic imine (C=N–C) groups is 1. The average Bonchev–Trinajstić information content (AvgIpc) is 3.14. The summed E-state index contributed by atoms with van der Waals surface area (Å²) >= 11 is 1.48. The number of halogens is 1. The standard InChI is InChI=1S/C14H11FN2O2S/c15-10-2-1-8(9-3-6-19-13(9)10)12-11(7-18)20-14-16-4-5-17(12)14/h1-3,6,18H,4-5,7H2. The number of aliphatic hydroxyl groups is 1. The first-order chi connectivity index (χ1) is 9.79. The highest BCUT2D eigenvalue weighted by Gasteiger charge is 2.33. The van der Waals surface area contributed by atoms with E-state index in [4.69, 9.17) is 4.42 Å². The Balaban J connectivity index is 1.96. The molecule has 4 nitrogen and oxygen atoms in total. The minimum absolute atomic E-state index is 0.0494. The van der Waals surface area contributed by atoms with Crippen LogP contribution in [0.3, 0.4) is 0 Å². The second-order valence-electron chi connectivity index (χ2n) is 4.61. The van der Waals surface area contributed by atoms with E-state index in [1.54, 1.807) is 12.1 Å². The van der Waals surface area contributed by atoms with Crippen LogP contribution in [0.2, 0.25) is 0 Å². The molecule has 102 valence electrons. The number of fused-ring (bicyclic) bond motifs is 2. The van der Waals surface area contributed by atoms with Gasteiger partial charge in [-0.2, -0.15) is 0 Å². The fourth-order valence-electron chi connectivity index (χ4n) is 2.67. The molecule has 0 fully saturated rings. The zero-order valence-corrected chi connectivity index (χ0v) is 11.3. The first-order valence-corrected chi connectivity index (χ1v) is 7.11. The fourth-order valence-corrected chi connectivity index (χ4v) is 3.72. The smallest absolute Gasteiger partial charge is 0.170 e. The van der Waals surface area contributed by atoms with E-state index in [1.807, 2.05) is 0 Å². The van der Waals surface area contributed by atoms with Crippen molar-refractivity contribution in [3.63, 3.8) is 0 Å². The number of rotatable bonds is 2. The lowest BCUT2D eigenvalue weighted by atomic mass is 10.1. The number of furan rings is 1. The monoisotopic (exact) mass is 290 g/mol. The summed E-state index contributed by atoms with van der Waals surface area (Å²) in [5, 5.41) is 11.2. The summed E-state index contributed by atoms with van der Waals surface area (Å²) in [4.78, 5) is 7.34. The van der Waals surface area contributed by atoms with Crippen molar-refractivity contribution >= 4 is 33.6 Å². The molecule has 0 unspecified atom stereocenters. The van der Waals surface area contributed by atoms with Crippen molar-refractivity contribution in [3.8, 4) is 0 Å². The maximum absolute atomic E-state index is 13.7. The number of benzene rings is 1. The number of nitrogens with zero attached hydrogens (tertiary/aromatic N) is 2. The van der Waals surface area contributed by atoms with Crippen LogP contribution in [0.15, 0.2) is 38.8 Å². The number of hydrogen-bond acceptors (Lipinski definition) is 5. The van der Waals surface area contributed by atoms with Gasteiger partial charge in [-0.15, -0.1) is 0 Å². The molecule has 1 aromatic heterocycles. The van der Waals surface area contributed by atoms with Crippen molar-refractivity contribution in [2.24, 2.45) is 4.99 Å². The lowest BCUT2D eigenvalue weighted by Gasteiger charge is -2.18. The van der Waals surface area contributed by atoms with Gasteiger partial charge in [0.1, 0.15) is 0 Å². The van der Waals surface area contributed by atoms with Crippen LogP contribution in [-0.4, -0.2) is 34.9 Å². The normalized spacial score (nSPS) is 18.1. The van der Waals surface area contributed by atoms with Gasteiger partial charge >= 0.3 is 0 Å². The molecule has 0 amide bonds. The van der Waals surface area contributed by atoms with Crippen LogP contribution in [0, 0.1) is 5.82 Å². The van der Waals surface area contributed by atoms with Crippen LogP contribution in [-0.2, 0) is 0 Å². The Labute approximate surface area is 118 Å². The largest absolute Gasteiger partial charge is 0.461 e. The molecular formula is C14H11FN2O2S. The van der Waals surface area contributed by atoms with Gasteiger partial charge in [0.15, 0.2) is 16.6 Å². The number of thioether (sulfide) groups is 1. The molecular weight excluding hydrogens is 279 g/mol. The molecule has 2 aliphatic rings. The topological polar surface area (TPSA) is 49.0 Å². The molecule has 4 rings (SSSR count). The molecule has 0 atom stereocenters. The predicted molar refractivity (Wildman–Crippen MR) is 76.8 cm³/mol. The highest BCUT2D eigenvalue weighted by atomic mass is 32.2. The van der Waals surface area contributed by atoms with Crippen molar-refractivity contribution in [3.05, 3.63) is 40.7 Å². The van der Waals surface area contributed by atoms with Gasteiger partial charge in [-0.05, 0) is 18.2 Å². The van der Waals surface area contributed by atoms with Gasteiger partial charge in [0, 0.05) is 22.4 Å². The van der Waals surface area contributed by atoms with E-state index in [1.165, 1.54) is 24.1 Å². The van der Waals surface area contributed by atoms with E-state index in [0.717, 1.165) is 39.8 Å². The molecule has 6 heteroatoms. The molecule has 1 aromatic carbocycles. The molecule has 0 spiro atoms. The lowest BCUT2D eigenvalue weighted by Crippen LogP contribution is -2.20. The lowest BCUT2D eigenvalue weighted by molar-refractivity contribution is 0.339. The van der Waals surface area contributed by atoms with E-state index in [0.29, 0.717) is 0 Å². The van der Waals surface area contributed by atoms with Crippen molar-refractivity contribution in [2.45, 2.75) is 0 Å². The average molecular weight is 290 g/mol. The zero-order chi connectivity index (χ0) is 13.7. The van der Waals surface area contributed by atoms with Crippen LogP contribution in [0.4, 0.5) is 4.39 Å².